The number of hydrogen-bond donors (Lipinski definition) is 1. The zero-order valence-electron chi connectivity index (χ0n) is 9.44. The van der Waals surface area contributed by atoms with Crippen LogP contribution in [0.3, 0.4) is 0 Å². The summed E-state index contributed by atoms with van der Waals surface area (Å²) in [5, 5.41) is 5.12. The fourth-order valence-electron chi connectivity index (χ4n) is 2.04. The van der Waals surface area contributed by atoms with Crippen molar-refractivity contribution in [3.05, 3.63) is 23.2 Å². The second-order valence-electron chi connectivity index (χ2n) is 4.25. The molecular formula is C12H13ClN2OS. The smallest absolute Gasteiger partial charge is 0.184 e. The number of ether oxygens (including phenoxy) is 1. The summed E-state index contributed by atoms with van der Waals surface area (Å²) in [7, 11) is 0. The third kappa shape index (κ3) is 2.25. The maximum Gasteiger partial charge on any atom is 0.184 e. The number of benzene rings is 1. The molecular weight excluding hydrogens is 256 g/mol. The minimum absolute atomic E-state index is 0.255. The molecule has 17 heavy (non-hydrogen) atoms. The van der Waals surface area contributed by atoms with Crippen LogP contribution in [0.1, 0.15) is 13.3 Å². The molecule has 3 nitrogen and oxygen atoms in total. The van der Waals surface area contributed by atoms with E-state index < -0.39 is 0 Å². The Bertz CT molecular complexity index is 542. The lowest BCUT2D eigenvalue weighted by Gasteiger charge is -2.14. The van der Waals surface area contributed by atoms with Gasteiger partial charge in [-0.15, -0.1) is 0 Å². The summed E-state index contributed by atoms with van der Waals surface area (Å²) in [6.45, 7) is 2.92. The lowest BCUT2D eigenvalue weighted by molar-refractivity contribution is 0.121. The van der Waals surface area contributed by atoms with Gasteiger partial charge in [0, 0.05) is 11.6 Å². The first-order valence-electron chi connectivity index (χ1n) is 5.66. The van der Waals surface area contributed by atoms with Crippen molar-refractivity contribution in [3.8, 4) is 0 Å². The van der Waals surface area contributed by atoms with Crippen LogP contribution in [0.15, 0.2) is 18.2 Å². The molecule has 1 aliphatic heterocycles. The third-order valence-electron chi connectivity index (χ3n) is 3.03. The van der Waals surface area contributed by atoms with Gasteiger partial charge in [0.2, 0.25) is 0 Å². The average molecular weight is 269 g/mol. The summed E-state index contributed by atoms with van der Waals surface area (Å²) in [5.74, 6) is 0. The second-order valence-corrected chi connectivity index (χ2v) is 5.71. The highest BCUT2D eigenvalue weighted by molar-refractivity contribution is 7.22. The van der Waals surface area contributed by atoms with Crippen LogP contribution >= 0.6 is 22.9 Å². The third-order valence-corrected chi connectivity index (χ3v) is 4.24. The lowest BCUT2D eigenvalue weighted by Crippen LogP contribution is -2.26. The van der Waals surface area contributed by atoms with Gasteiger partial charge in [-0.3, -0.25) is 0 Å². The number of aromatic nitrogens is 1. The Labute approximate surface area is 109 Å². The molecule has 0 bridgehead atoms. The van der Waals surface area contributed by atoms with E-state index in [0.717, 1.165) is 33.4 Å². The van der Waals surface area contributed by atoms with E-state index in [4.69, 9.17) is 16.3 Å². The molecule has 0 aliphatic carbocycles. The van der Waals surface area contributed by atoms with Gasteiger partial charge in [0.1, 0.15) is 0 Å². The molecule has 0 spiro atoms. The molecule has 1 aromatic carbocycles. The number of nitrogens with one attached hydrogen (secondary N) is 1. The van der Waals surface area contributed by atoms with Crippen LogP contribution in [-0.2, 0) is 4.74 Å². The summed E-state index contributed by atoms with van der Waals surface area (Å²) in [6.07, 6.45) is 1.29. The summed E-state index contributed by atoms with van der Waals surface area (Å²) in [4.78, 5) is 4.54. The molecule has 0 amide bonds. The predicted octanol–water partition coefficient (Wildman–Crippen LogP) is 3.54. The fraction of sp³-hybridized carbons (Fsp3) is 0.417. The van der Waals surface area contributed by atoms with Crippen LogP contribution in [0.4, 0.5) is 5.13 Å². The number of fused-ring (bicyclic) bond motifs is 1. The maximum absolute atomic E-state index is 5.95. The number of hydrogen-bond acceptors (Lipinski definition) is 4. The van der Waals surface area contributed by atoms with E-state index in [-0.39, 0.29) is 6.10 Å². The molecule has 0 radical (unpaired) electrons. The highest BCUT2D eigenvalue weighted by Crippen LogP contribution is 2.29. The summed E-state index contributed by atoms with van der Waals surface area (Å²) in [5.41, 5.74) is 0.955. The van der Waals surface area contributed by atoms with Gasteiger partial charge in [0.15, 0.2) is 5.13 Å². The minimum Gasteiger partial charge on any atom is -0.376 e. The van der Waals surface area contributed by atoms with Gasteiger partial charge in [0.25, 0.3) is 0 Å². The van der Waals surface area contributed by atoms with E-state index in [9.17, 15) is 0 Å². The first kappa shape index (κ1) is 11.3. The molecule has 5 heteroatoms. The fourth-order valence-corrected chi connectivity index (χ4v) is 3.12. The van der Waals surface area contributed by atoms with E-state index in [1.54, 1.807) is 11.3 Å². The normalized spacial score (nSPS) is 24.4. The maximum atomic E-state index is 5.95. The molecule has 1 N–H and O–H groups in total. The molecule has 1 fully saturated rings. The zero-order chi connectivity index (χ0) is 11.8. The molecule has 1 aliphatic rings. The first-order chi connectivity index (χ1) is 8.22. The van der Waals surface area contributed by atoms with E-state index in [1.807, 2.05) is 18.2 Å². The van der Waals surface area contributed by atoms with Crippen LogP contribution < -0.4 is 5.32 Å². The van der Waals surface area contributed by atoms with Gasteiger partial charge in [-0.05, 0) is 31.5 Å². The van der Waals surface area contributed by atoms with E-state index >= 15 is 0 Å². The van der Waals surface area contributed by atoms with Crippen molar-refractivity contribution >= 4 is 38.3 Å². The highest BCUT2D eigenvalue weighted by Gasteiger charge is 2.24. The Morgan fingerprint density at radius 1 is 1.53 bits per heavy atom. The molecule has 1 aromatic heterocycles. The number of nitrogens with zero attached hydrogens (tertiary/aromatic N) is 1. The number of halogens is 1. The lowest BCUT2D eigenvalue weighted by atomic mass is 10.2. The number of thiazole rings is 1. The Morgan fingerprint density at radius 3 is 3.18 bits per heavy atom. The van der Waals surface area contributed by atoms with Gasteiger partial charge in [0.05, 0.1) is 22.4 Å². The van der Waals surface area contributed by atoms with Crippen LogP contribution in [0.5, 0.6) is 0 Å². The van der Waals surface area contributed by atoms with Crippen molar-refractivity contribution < 1.29 is 4.74 Å². The molecule has 2 aromatic rings. The van der Waals surface area contributed by atoms with Gasteiger partial charge < -0.3 is 10.1 Å². The molecule has 2 heterocycles. The Morgan fingerprint density at radius 2 is 2.41 bits per heavy atom. The van der Waals surface area contributed by atoms with Gasteiger partial charge in [-0.2, -0.15) is 0 Å². The monoisotopic (exact) mass is 268 g/mol. The SMILES string of the molecule is CC1OCCC1Nc1nc2cc(Cl)ccc2s1. The summed E-state index contributed by atoms with van der Waals surface area (Å²) in [6, 6.07) is 6.17. The van der Waals surface area contributed by atoms with E-state index in [2.05, 4.69) is 17.2 Å². The molecule has 2 unspecified atom stereocenters. The van der Waals surface area contributed by atoms with E-state index in [1.165, 1.54) is 0 Å². The Hall–Kier alpha value is -0.840. The average Bonchev–Trinajstić information content (AvgIpc) is 2.85. The molecule has 0 saturated carbocycles. The molecule has 90 valence electrons. The van der Waals surface area contributed by atoms with Crippen LogP contribution in [0, 0.1) is 0 Å². The second kappa shape index (κ2) is 4.44. The van der Waals surface area contributed by atoms with E-state index in [0.29, 0.717) is 6.04 Å². The topological polar surface area (TPSA) is 34.1 Å². The minimum atomic E-state index is 0.255. The van der Waals surface area contributed by atoms with Crippen LogP contribution in [0.25, 0.3) is 10.2 Å². The van der Waals surface area contributed by atoms with Crippen molar-refractivity contribution in [2.75, 3.05) is 11.9 Å². The highest BCUT2D eigenvalue weighted by atomic mass is 35.5. The summed E-state index contributed by atoms with van der Waals surface area (Å²) >= 11 is 7.60. The Balaban J connectivity index is 1.85. The molecule has 1 saturated heterocycles. The van der Waals surface area contributed by atoms with Gasteiger partial charge >= 0.3 is 0 Å². The number of anilines is 1. The standard InChI is InChI=1S/C12H13ClN2OS/c1-7-9(4-5-16-7)14-12-15-10-6-8(13)2-3-11(10)17-12/h2-3,6-7,9H,4-5H2,1H3,(H,14,15). The Kier molecular flexibility index (Phi) is 2.94. The van der Waals surface area contributed by atoms with Crippen molar-refractivity contribution in [2.45, 2.75) is 25.5 Å². The van der Waals surface area contributed by atoms with Crippen molar-refractivity contribution in [1.82, 2.24) is 4.98 Å². The van der Waals surface area contributed by atoms with Crippen molar-refractivity contribution in [3.63, 3.8) is 0 Å². The van der Waals surface area contributed by atoms with Crippen LogP contribution in [0.2, 0.25) is 5.02 Å². The predicted molar refractivity (Wildman–Crippen MR) is 72.1 cm³/mol. The quantitative estimate of drug-likeness (QED) is 0.905. The first-order valence-corrected chi connectivity index (χ1v) is 6.86. The number of rotatable bonds is 2. The van der Waals surface area contributed by atoms with Gasteiger partial charge in [-0.25, -0.2) is 4.98 Å². The van der Waals surface area contributed by atoms with Crippen molar-refractivity contribution in [1.29, 1.82) is 0 Å². The largest absolute Gasteiger partial charge is 0.376 e. The summed E-state index contributed by atoms with van der Waals surface area (Å²) < 4.78 is 6.68. The zero-order valence-corrected chi connectivity index (χ0v) is 11.0. The van der Waals surface area contributed by atoms with Crippen LogP contribution in [-0.4, -0.2) is 23.7 Å². The van der Waals surface area contributed by atoms with Gasteiger partial charge in [-0.1, -0.05) is 22.9 Å². The molecule has 3 rings (SSSR count). The molecule has 2 atom stereocenters. The van der Waals surface area contributed by atoms with Crippen molar-refractivity contribution in [2.24, 2.45) is 0 Å².